The van der Waals surface area contributed by atoms with Gasteiger partial charge in [-0.25, -0.2) is 0 Å². The first kappa shape index (κ1) is 10.7. The average Bonchev–Trinajstić information content (AvgIpc) is 2.39. The fourth-order valence-corrected chi connectivity index (χ4v) is 2.72. The van der Waals surface area contributed by atoms with Crippen LogP contribution in [0.2, 0.25) is 0 Å². The lowest BCUT2D eigenvalue weighted by molar-refractivity contribution is 1.19. The molecule has 0 spiro atoms. The number of hydrogen-bond donors (Lipinski definition) is 0. The normalized spacial score (nSPS) is 11.1. The summed E-state index contributed by atoms with van der Waals surface area (Å²) in [7, 11) is 0. The number of rotatable bonds is 2. The van der Waals surface area contributed by atoms with Crippen LogP contribution in [-0.2, 0) is 6.42 Å². The molecule has 0 atom stereocenters. The molecule has 1 aromatic heterocycles. The van der Waals surface area contributed by atoms with Gasteiger partial charge in [-0.1, -0.05) is 52.3 Å². The SMILES string of the molecule is BrCCc1cccc2ncc3ccccc3c12. The molecule has 0 unspecified atom stereocenters. The Balaban J connectivity index is 2.45. The minimum absolute atomic E-state index is 0.981. The van der Waals surface area contributed by atoms with Crippen LogP contribution in [0.5, 0.6) is 0 Å². The Morgan fingerprint density at radius 3 is 2.76 bits per heavy atom. The Bertz CT molecular complexity index is 676. The highest BCUT2D eigenvalue weighted by atomic mass is 79.9. The van der Waals surface area contributed by atoms with Crippen LogP contribution in [0.25, 0.3) is 21.7 Å². The summed E-state index contributed by atoms with van der Waals surface area (Å²) in [5, 5.41) is 4.79. The highest BCUT2D eigenvalue weighted by Crippen LogP contribution is 2.26. The summed E-state index contributed by atoms with van der Waals surface area (Å²) in [6.45, 7) is 0. The van der Waals surface area contributed by atoms with Gasteiger partial charge in [-0.3, -0.25) is 4.98 Å². The molecule has 17 heavy (non-hydrogen) atoms. The molecule has 0 radical (unpaired) electrons. The number of nitrogens with zero attached hydrogens (tertiary/aromatic N) is 1. The van der Waals surface area contributed by atoms with Gasteiger partial charge in [-0.2, -0.15) is 0 Å². The smallest absolute Gasteiger partial charge is 0.0711 e. The summed E-state index contributed by atoms with van der Waals surface area (Å²) in [4.78, 5) is 4.54. The topological polar surface area (TPSA) is 12.9 Å². The fourth-order valence-electron chi connectivity index (χ4n) is 2.29. The van der Waals surface area contributed by atoms with Gasteiger partial charge in [0.2, 0.25) is 0 Å². The predicted octanol–water partition coefficient (Wildman–Crippen LogP) is 4.33. The van der Waals surface area contributed by atoms with Gasteiger partial charge >= 0.3 is 0 Å². The highest BCUT2D eigenvalue weighted by Gasteiger charge is 2.05. The maximum Gasteiger partial charge on any atom is 0.0711 e. The van der Waals surface area contributed by atoms with E-state index in [4.69, 9.17) is 0 Å². The summed E-state index contributed by atoms with van der Waals surface area (Å²) in [5.74, 6) is 0. The Morgan fingerprint density at radius 2 is 1.88 bits per heavy atom. The number of pyridine rings is 1. The van der Waals surface area contributed by atoms with Crippen molar-refractivity contribution in [2.24, 2.45) is 0 Å². The van der Waals surface area contributed by atoms with Crippen molar-refractivity contribution in [3.63, 3.8) is 0 Å². The van der Waals surface area contributed by atoms with Gasteiger partial charge in [0.25, 0.3) is 0 Å². The molecule has 0 aliphatic carbocycles. The van der Waals surface area contributed by atoms with E-state index in [-0.39, 0.29) is 0 Å². The number of fused-ring (bicyclic) bond motifs is 3. The quantitative estimate of drug-likeness (QED) is 0.505. The van der Waals surface area contributed by atoms with E-state index in [0.29, 0.717) is 0 Å². The molecule has 2 heteroatoms. The van der Waals surface area contributed by atoms with E-state index in [2.05, 4.69) is 63.4 Å². The van der Waals surface area contributed by atoms with Crippen molar-refractivity contribution in [1.29, 1.82) is 0 Å². The second kappa shape index (κ2) is 4.46. The van der Waals surface area contributed by atoms with E-state index in [0.717, 1.165) is 17.3 Å². The van der Waals surface area contributed by atoms with Crippen LogP contribution in [0.3, 0.4) is 0 Å². The van der Waals surface area contributed by atoms with Crippen LogP contribution in [0, 0.1) is 0 Å². The maximum absolute atomic E-state index is 4.54. The third-order valence-corrected chi connectivity index (χ3v) is 3.46. The van der Waals surface area contributed by atoms with Crippen LogP contribution in [0.1, 0.15) is 5.56 Å². The lowest BCUT2D eigenvalue weighted by Crippen LogP contribution is -1.90. The van der Waals surface area contributed by atoms with Crippen molar-refractivity contribution in [3.05, 3.63) is 54.2 Å². The van der Waals surface area contributed by atoms with Gasteiger partial charge in [0.1, 0.15) is 0 Å². The summed E-state index contributed by atoms with van der Waals surface area (Å²) in [5.41, 5.74) is 2.45. The van der Waals surface area contributed by atoms with Gasteiger partial charge < -0.3 is 0 Å². The van der Waals surface area contributed by atoms with Gasteiger partial charge in [-0.05, 0) is 23.4 Å². The van der Waals surface area contributed by atoms with Crippen LogP contribution in [-0.4, -0.2) is 10.3 Å². The maximum atomic E-state index is 4.54. The molecule has 1 heterocycles. The van der Waals surface area contributed by atoms with E-state index in [1.54, 1.807) is 0 Å². The minimum Gasteiger partial charge on any atom is -0.256 e. The molecule has 0 amide bonds. The number of hydrogen-bond acceptors (Lipinski definition) is 1. The molecule has 2 aromatic carbocycles. The van der Waals surface area contributed by atoms with Gasteiger partial charge in [-0.15, -0.1) is 0 Å². The molecule has 0 aliphatic heterocycles. The fraction of sp³-hybridized carbons (Fsp3) is 0.133. The molecular weight excluding hydrogens is 274 g/mol. The molecular formula is C15H12BrN. The molecule has 0 fully saturated rings. The standard InChI is InChI=1S/C15H12BrN/c16-9-8-11-5-3-7-14-15(11)13-6-2-1-4-12(13)10-17-14/h1-7,10H,8-9H2. The zero-order valence-electron chi connectivity index (χ0n) is 9.36. The van der Waals surface area contributed by atoms with E-state index < -0.39 is 0 Å². The van der Waals surface area contributed by atoms with E-state index in [9.17, 15) is 0 Å². The first-order valence-corrected chi connectivity index (χ1v) is 6.83. The highest BCUT2D eigenvalue weighted by molar-refractivity contribution is 9.09. The predicted molar refractivity (Wildman–Crippen MR) is 76.7 cm³/mol. The van der Waals surface area contributed by atoms with Crippen LogP contribution in [0.15, 0.2) is 48.7 Å². The molecule has 84 valence electrons. The van der Waals surface area contributed by atoms with Crippen molar-refractivity contribution in [1.82, 2.24) is 4.98 Å². The van der Waals surface area contributed by atoms with Crippen molar-refractivity contribution in [2.75, 3.05) is 5.33 Å². The molecule has 0 bridgehead atoms. The number of alkyl halides is 1. The van der Waals surface area contributed by atoms with Crippen LogP contribution < -0.4 is 0 Å². The van der Waals surface area contributed by atoms with E-state index in [1.165, 1.54) is 21.7 Å². The van der Waals surface area contributed by atoms with Crippen LogP contribution in [0.4, 0.5) is 0 Å². The summed E-state index contributed by atoms with van der Waals surface area (Å²) in [6, 6.07) is 14.8. The second-order valence-electron chi connectivity index (χ2n) is 4.10. The van der Waals surface area contributed by atoms with Crippen molar-refractivity contribution in [2.45, 2.75) is 6.42 Å². The van der Waals surface area contributed by atoms with Crippen LogP contribution >= 0.6 is 15.9 Å². The number of halogens is 1. The van der Waals surface area contributed by atoms with Crippen molar-refractivity contribution < 1.29 is 0 Å². The Hall–Kier alpha value is -1.41. The zero-order chi connectivity index (χ0) is 11.7. The molecule has 0 aliphatic rings. The molecule has 3 rings (SSSR count). The third-order valence-electron chi connectivity index (χ3n) is 3.07. The Labute approximate surface area is 109 Å². The number of benzene rings is 2. The summed E-state index contributed by atoms with van der Waals surface area (Å²) in [6.07, 6.45) is 2.99. The number of aryl methyl sites for hydroxylation is 1. The molecule has 0 saturated carbocycles. The molecule has 0 N–H and O–H groups in total. The van der Waals surface area contributed by atoms with Gasteiger partial charge in [0, 0.05) is 22.3 Å². The Morgan fingerprint density at radius 1 is 1.00 bits per heavy atom. The summed E-state index contributed by atoms with van der Waals surface area (Å²) < 4.78 is 0. The first-order valence-electron chi connectivity index (χ1n) is 5.71. The molecule has 0 saturated heterocycles. The largest absolute Gasteiger partial charge is 0.256 e. The second-order valence-corrected chi connectivity index (χ2v) is 4.89. The van der Waals surface area contributed by atoms with Crippen molar-refractivity contribution in [3.8, 4) is 0 Å². The molecule has 1 nitrogen and oxygen atoms in total. The van der Waals surface area contributed by atoms with Gasteiger partial charge in [0.05, 0.1) is 5.52 Å². The van der Waals surface area contributed by atoms with E-state index >= 15 is 0 Å². The monoisotopic (exact) mass is 285 g/mol. The minimum atomic E-state index is 0.981. The molecule has 3 aromatic rings. The first-order chi connectivity index (χ1) is 8.40. The average molecular weight is 286 g/mol. The van der Waals surface area contributed by atoms with Gasteiger partial charge in [0.15, 0.2) is 0 Å². The summed E-state index contributed by atoms with van der Waals surface area (Å²) >= 11 is 3.52. The number of aromatic nitrogens is 1. The zero-order valence-corrected chi connectivity index (χ0v) is 10.9. The Kier molecular flexibility index (Phi) is 2.81. The van der Waals surface area contributed by atoms with E-state index in [1.807, 2.05) is 6.20 Å². The van der Waals surface area contributed by atoms with Crippen molar-refractivity contribution >= 4 is 37.6 Å². The lowest BCUT2D eigenvalue weighted by atomic mass is 10.0. The third kappa shape index (κ3) is 1.83. The lowest BCUT2D eigenvalue weighted by Gasteiger charge is -2.07.